The monoisotopic (exact) mass is 378 g/mol. The number of halogens is 2. The van der Waals surface area contributed by atoms with E-state index in [1.807, 2.05) is 6.07 Å². The summed E-state index contributed by atoms with van der Waals surface area (Å²) in [7, 11) is 0. The lowest BCUT2D eigenvalue weighted by Crippen LogP contribution is -2.14. The molecule has 2 nitrogen and oxygen atoms in total. The van der Waals surface area contributed by atoms with Crippen molar-refractivity contribution >= 4 is 60.3 Å². The van der Waals surface area contributed by atoms with Gasteiger partial charge in [0.2, 0.25) is 5.78 Å². The molecule has 3 rings (SSSR count). The van der Waals surface area contributed by atoms with Crippen LogP contribution in [0.15, 0.2) is 19.7 Å². The Labute approximate surface area is 116 Å². The predicted octanol–water partition coefficient (Wildman–Crippen LogP) is 3.96. The van der Waals surface area contributed by atoms with Gasteiger partial charge in [0.1, 0.15) is 6.10 Å². The molecular weight excluding hydrogens is 376 g/mol. The van der Waals surface area contributed by atoms with E-state index in [-0.39, 0.29) is 5.78 Å². The van der Waals surface area contributed by atoms with E-state index in [2.05, 4.69) is 31.9 Å². The number of hydrogen-bond acceptors (Lipinski definition) is 4. The number of carbonyl (C=O) groups is 1. The second-order valence-corrected chi connectivity index (χ2v) is 8.29. The van der Waals surface area contributed by atoms with E-state index < -0.39 is 6.10 Å². The Hall–Kier alpha value is -0.0100. The van der Waals surface area contributed by atoms with E-state index in [0.29, 0.717) is 16.0 Å². The highest BCUT2D eigenvalue weighted by Crippen LogP contribution is 2.45. The molecular formula is C10H4Br2O2S2. The molecule has 0 aromatic carbocycles. The van der Waals surface area contributed by atoms with Gasteiger partial charge in [-0.25, -0.2) is 0 Å². The first-order valence-corrected chi connectivity index (χ1v) is 7.61. The summed E-state index contributed by atoms with van der Waals surface area (Å²) < 4.78 is 1.75. The third kappa shape index (κ3) is 1.48. The van der Waals surface area contributed by atoms with Crippen LogP contribution in [-0.2, 0) is 0 Å². The molecule has 1 aliphatic carbocycles. The number of hydrogen-bond donors (Lipinski definition) is 1. The fourth-order valence-corrected chi connectivity index (χ4v) is 5.02. The molecule has 1 N–H and O–H groups in total. The summed E-state index contributed by atoms with van der Waals surface area (Å²) in [6.07, 6.45) is -0.679. The van der Waals surface area contributed by atoms with Crippen molar-refractivity contribution in [2.24, 2.45) is 0 Å². The molecule has 0 radical (unpaired) electrons. The van der Waals surface area contributed by atoms with Crippen LogP contribution in [0.3, 0.4) is 0 Å². The predicted molar refractivity (Wildman–Crippen MR) is 71.5 cm³/mol. The van der Waals surface area contributed by atoms with Crippen molar-refractivity contribution in [3.63, 3.8) is 0 Å². The minimum Gasteiger partial charge on any atom is -0.383 e. The molecule has 0 saturated carbocycles. The molecule has 82 valence electrons. The fourth-order valence-electron chi connectivity index (χ4n) is 1.77. The van der Waals surface area contributed by atoms with Gasteiger partial charge in [0, 0.05) is 11.1 Å². The zero-order valence-electron chi connectivity index (χ0n) is 7.66. The third-order valence-electron chi connectivity index (χ3n) is 2.46. The van der Waals surface area contributed by atoms with Gasteiger partial charge in [-0.1, -0.05) is 0 Å². The number of carbonyl (C=O) groups excluding carboxylic acids is 1. The summed E-state index contributed by atoms with van der Waals surface area (Å²) in [5, 5.41) is 10.2. The highest BCUT2D eigenvalue weighted by Gasteiger charge is 2.33. The molecule has 1 aliphatic rings. The zero-order chi connectivity index (χ0) is 11.4. The molecule has 2 aromatic heterocycles. The van der Waals surface area contributed by atoms with Crippen molar-refractivity contribution in [3.05, 3.63) is 40.6 Å². The van der Waals surface area contributed by atoms with Crippen LogP contribution in [0.5, 0.6) is 0 Å². The molecule has 0 saturated heterocycles. The molecule has 1 atom stereocenters. The van der Waals surface area contributed by atoms with Crippen molar-refractivity contribution < 1.29 is 9.90 Å². The second-order valence-electron chi connectivity index (χ2n) is 3.40. The van der Waals surface area contributed by atoms with Crippen molar-refractivity contribution in [1.29, 1.82) is 0 Å². The molecule has 6 heteroatoms. The zero-order valence-corrected chi connectivity index (χ0v) is 12.5. The lowest BCUT2D eigenvalue weighted by atomic mass is 9.95. The SMILES string of the molecule is O=C1c2cc(Br)sc2C(O)c2cc(Br)sc21. The van der Waals surface area contributed by atoms with Crippen LogP contribution in [0.25, 0.3) is 0 Å². The molecule has 0 bridgehead atoms. The number of aliphatic hydroxyl groups is 1. The average Bonchev–Trinajstić information content (AvgIpc) is 2.78. The molecule has 16 heavy (non-hydrogen) atoms. The first-order valence-electron chi connectivity index (χ1n) is 4.39. The van der Waals surface area contributed by atoms with Gasteiger partial charge in [0.15, 0.2) is 0 Å². The van der Waals surface area contributed by atoms with Gasteiger partial charge in [-0.3, -0.25) is 4.79 Å². The Bertz CT molecular complexity index is 550. The smallest absolute Gasteiger partial charge is 0.204 e. The van der Waals surface area contributed by atoms with E-state index in [0.717, 1.165) is 12.4 Å². The van der Waals surface area contributed by atoms with E-state index >= 15 is 0 Å². The lowest BCUT2D eigenvalue weighted by Gasteiger charge is -2.16. The van der Waals surface area contributed by atoms with Gasteiger partial charge in [-0.05, 0) is 44.0 Å². The Morgan fingerprint density at radius 1 is 1.19 bits per heavy atom. The number of thiophene rings is 2. The number of aliphatic hydroxyl groups excluding tert-OH is 1. The maximum absolute atomic E-state index is 12.1. The van der Waals surface area contributed by atoms with Crippen molar-refractivity contribution in [2.75, 3.05) is 0 Å². The van der Waals surface area contributed by atoms with Crippen molar-refractivity contribution in [3.8, 4) is 0 Å². The van der Waals surface area contributed by atoms with Crippen LogP contribution in [0.1, 0.15) is 31.8 Å². The van der Waals surface area contributed by atoms with E-state index in [1.54, 1.807) is 6.07 Å². The topological polar surface area (TPSA) is 37.3 Å². The van der Waals surface area contributed by atoms with E-state index in [9.17, 15) is 9.90 Å². The molecule has 0 aliphatic heterocycles. The number of rotatable bonds is 0. The first kappa shape index (κ1) is 11.1. The first-order chi connectivity index (χ1) is 7.58. The minimum absolute atomic E-state index is 0.00736. The maximum atomic E-state index is 12.1. The summed E-state index contributed by atoms with van der Waals surface area (Å²) >= 11 is 9.47. The second kappa shape index (κ2) is 3.74. The molecule has 1 unspecified atom stereocenters. The van der Waals surface area contributed by atoms with Crippen LogP contribution in [0, 0.1) is 0 Å². The van der Waals surface area contributed by atoms with Gasteiger partial charge >= 0.3 is 0 Å². The Morgan fingerprint density at radius 3 is 2.62 bits per heavy atom. The van der Waals surface area contributed by atoms with Gasteiger partial charge in [0.25, 0.3) is 0 Å². The van der Waals surface area contributed by atoms with E-state index in [1.165, 1.54) is 22.7 Å². The van der Waals surface area contributed by atoms with Gasteiger partial charge in [0.05, 0.1) is 17.3 Å². The van der Waals surface area contributed by atoms with Gasteiger partial charge in [-0.15, -0.1) is 22.7 Å². The Balaban J connectivity index is 2.28. The van der Waals surface area contributed by atoms with Crippen LogP contribution in [0.4, 0.5) is 0 Å². The molecule has 2 aromatic rings. The highest BCUT2D eigenvalue weighted by molar-refractivity contribution is 9.11. The Morgan fingerprint density at radius 2 is 1.88 bits per heavy atom. The van der Waals surface area contributed by atoms with Crippen molar-refractivity contribution in [1.82, 2.24) is 0 Å². The number of ketones is 1. The van der Waals surface area contributed by atoms with Gasteiger partial charge < -0.3 is 5.11 Å². The summed E-state index contributed by atoms with van der Waals surface area (Å²) in [6.45, 7) is 0. The van der Waals surface area contributed by atoms with Crippen LogP contribution < -0.4 is 0 Å². The quantitative estimate of drug-likeness (QED) is 0.752. The summed E-state index contributed by atoms with van der Waals surface area (Å²) in [5.41, 5.74) is 1.33. The van der Waals surface area contributed by atoms with E-state index in [4.69, 9.17) is 0 Å². The highest BCUT2D eigenvalue weighted by atomic mass is 79.9. The molecule has 0 fully saturated rings. The summed E-state index contributed by atoms with van der Waals surface area (Å²) in [6, 6.07) is 3.60. The van der Waals surface area contributed by atoms with Crippen LogP contribution >= 0.6 is 54.5 Å². The van der Waals surface area contributed by atoms with Gasteiger partial charge in [-0.2, -0.15) is 0 Å². The Kier molecular flexibility index (Phi) is 2.60. The molecule has 0 amide bonds. The lowest BCUT2D eigenvalue weighted by molar-refractivity contribution is 0.102. The van der Waals surface area contributed by atoms with Crippen LogP contribution in [-0.4, -0.2) is 10.9 Å². The molecule has 0 spiro atoms. The normalized spacial score (nSPS) is 18.4. The number of fused-ring (bicyclic) bond motifs is 2. The van der Waals surface area contributed by atoms with Crippen LogP contribution in [0.2, 0.25) is 0 Å². The minimum atomic E-state index is -0.679. The third-order valence-corrected chi connectivity index (χ3v) is 5.80. The standard InChI is InChI=1S/C10H4Br2O2S2/c11-5-1-3-7(13)10-4(2-6(12)16-10)8(14)9(3)15-5/h1-2,7,13H. The molecule has 2 heterocycles. The average molecular weight is 380 g/mol. The maximum Gasteiger partial charge on any atom is 0.204 e. The fraction of sp³-hybridized carbons (Fsp3) is 0.100. The summed E-state index contributed by atoms with van der Waals surface area (Å²) in [4.78, 5) is 13.5. The summed E-state index contributed by atoms with van der Waals surface area (Å²) in [5.74, 6) is 0.00736. The largest absolute Gasteiger partial charge is 0.383 e. The van der Waals surface area contributed by atoms with Crippen molar-refractivity contribution in [2.45, 2.75) is 6.10 Å².